The molecule has 0 aliphatic carbocycles. The van der Waals surface area contributed by atoms with Gasteiger partial charge in [-0.25, -0.2) is 0 Å². The van der Waals surface area contributed by atoms with Crippen molar-refractivity contribution in [2.45, 2.75) is 0 Å². The van der Waals surface area contributed by atoms with Crippen molar-refractivity contribution in [1.82, 2.24) is 0 Å². The lowest BCUT2D eigenvalue weighted by Crippen LogP contribution is -2.12. The van der Waals surface area contributed by atoms with Crippen molar-refractivity contribution in [2.75, 3.05) is 7.11 Å². The summed E-state index contributed by atoms with van der Waals surface area (Å²) in [6.45, 7) is 0. The average Bonchev–Trinajstić information content (AvgIpc) is 2.38. The summed E-state index contributed by atoms with van der Waals surface area (Å²) in [4.78, 5) is 11.4. The van der Waals surface area contributed by atoms with Gasteiger partial charge in [-0.1, -0.05) is 30.3 Å². The molecule has 2 rings (SSSR count). The molecule has 2 N–H and O–H groups in total. The summed E-state index contributed by atoms with van der Waals surface area (Å²) in [6.07, 6.45) is 0. The quantitative estimate of drug-likeness (QED) is 0.872. The van der Waals surface area contributed by atoms with E-state index in [2.05, 4.69) is 6.07 Å². The molecule has 1 radical (unpaired) electrons. The minimum absolute atomic E-state index is 0.442. The molecule has 85 valence electrons. The van der Waals surface area contributed by atoms with Crippen LogP contribution in [0.2, 0.25) is 0 Å². The zero-order valence-corrected chi connectivity index (χ0v) is 9.44. The Morgan fingerprint density at radius 3 is 2.71 bits per heavy atom. The smallest absolute Gasteiger partial charge is 0.249 e. The Labute approximate surface area is 99.8 Å². The Balaban J connectivity index is 2.64. The van der Waals surface area contributed by atoms with Crippen molar-refractivity contribution < 1.29 is 9.53 Å². The Morgan fingerprint density at radius 2 is 2.00 bits per heavy atom. The first kappa shape index (κ1) is 11.2. The third-order valence-electron chi connectivity index (χ3n) is 2.53. The highest BCUT2D eigenvalue weighted by Gasteiger charge is 2.12. The van der Waals surface area contributed by atoms with E-state index in [-0.39, 0.29) is 0 Å². The predicted molar refractivity (Wildman–Crippen MR) is 65.8 cm³/mol. The Kier molecular flexibility index (Phi) is 3.10. The van der Waals surface area contributed by atoms with Crippen LogP contribution in [0.1, 0.15) is 10.4 Å². The number of nitrogens with two attached hydrogens (primary N) is 1. The van der Waals surface area contributed by atoms with Crippen molar-refractivity contribution in [3.05, 3.63) is 54.1 Å². The average molecular weight is 226 g/mol. The van der Waals surface area contributed by atoms with Crippen LogP contribution < -0.4 is 10.5 Å². The largest absolute Gasteiger partial charge is 0.496 e. The van der Waals surface area contributed by atoms with Gasteiger partial charge in [0.25, 0.3) is 0 Å². The molecular weight excluding hydrogens is 214 g/mol. The lowest BCUT2D eigenvalue weighted by molar-refractivity contribution is 0.100. The van der Waals surface area contributed by atoms with Crippen LogP contribution in [0.5, 0.6) is 5.75 Å². The maximum absolute atomic E-state index is 11.4. The second-order valence-corrected chi connectivity index (χ2v) is 3.54. The van der Waals surface area contributed by atoms with Gasteiger partial charge in [0, 0.05) is 11.1 Å². The fraction of sp³-hybridized carbons (Fsp3) is 0.0714. The molecule has 0 atom stereocenters. The number of ether oxygens (including phenoxy) is 1. The highest BCUT2D eigenvalue weighted by molar-refractivity contribution is 6.00. The molecule has 2 aromatic rings. The van der Waals surface area contributed by atoms with Gasteiger partial charge in [0.1, 0.15) is 5.75 Å². The second-order valence-electron chi connectivity index (χ2n) is 3.54. The zero-order chi connectivity index (χ0) is 12.3. The first-order valence-corrected chi connectivity index (χ1v) is 5.17. The molecule has 0 aliphatic rings. The van der Waals surface area contributed by atoms with Gasteiger partial charge >= 0.3 is 0 Å². The van der Waals surface area contributed by atoms with Crippen molar-refractivity contribution in [1.29, 1.82) is 0 Å². The molecule has 1 amide bonds. The standard InChI is InChI=1S/C14H12NO2/c1-17-13-9-5-4-7-11(13)10-6-2-3-8-12(10)14(15)16/h2,4-9H,1H3,(H2,15,16). The monoisotopic (exact) mass is 226 g/mol. The van der Waals surface area contributed by atoms with Gasteiger partial charge in [-0.15, -0.1) is 0 Å². The number of hydrogen-bond acceptors (Lipinski definition) is 2. The van der Waals surface area contributed by atoms with Crippen LogP contribution in [0.15, 0.2) is 42.5 Å². The van der Waals surface area contributed by atoms with E-state index in [0.29, 0.717) is 11.3 Å². The maximum atomic E-state index is 11.4. The molecule has 3 nitrogen and oxygen atoms in total. The number of carbonyl (C=O) groups is 1. The molecule has 0 saturated heterocycles. The van der Waals surface area contributed by atoms with E-state index in [1.807, 2.05) is 24.3 Å². The van der Waals surface area contributed by atoms with Crippen LogP contribution in [0.25, 0.3) is 11.1 Å². The molecule has 0 unspecified atom stereocenters. The van der Waals surface area contributed by atoms with Crippen LogP contribution in [0.3, 0.4) is 0 Å². The lowest BCUT2D eigenvalue weighted by atomic mass is 9.98. The molecule has 0 saturated carbocycles. The summed E-state index contributed by atoms with van der Waals surface area (Å²) < 4.78 is 5.27. The molecule has 17 heavy (non-hydrogen) atoms. The van der Waals surface area contributed by atoms with Gasteiger partial charge in [0.05, 0.1) is 7.11 Å². The van der Waals surface area contributed by atoms with Crippen molar-refractivity contribution in [2.24, 2.45) is 5.73 Å². The first-order chi connectivity index (χ1) is 8.24. The van der Waals surface area contributed by atoms with Gasteiger partial charge in [-0.05, 0) is 23.8 Å². The number of benzene rings is 2. The molecule has 0 aromatic heterocycles. The zero-order valence-electron chi connectivity index (χ0n) is 9.44. The third-order valence-corrected chi connectivity index (χ3v) is 2.53. The Morgan fingerprint density at radius 1 is 1.24 bits per heavy atom. The SMILES string of the molecule is COc1ccccc1-c1cc[c]cc1C(N)=O. The third kappa shape index (κ3) is 2.13. The molecule has 0 aliphatic heterocycles. The Bertz CT molecular complexity index is 549. The van der Waals surface area contributed by atoms with E-state index in [0.717, 1.165) is 11.1 Å². The number of para-hydroxylation sites is 1. The number of methoxy groups -OCH3 is 1. The van der Waals surface area contributed by atoms with Gasteiger partial charge in [0.15, 0.2) is 0 Å². The van der Waals surface area contributed by atoms with Crippen LogP contribution >= 0.6 is 0 Å². The fourth-order valence-electron chi connectivity index (χ4n) is 1.74. The van der Waals surface area contributed by atoms with Crippen LogP contribution in [0, 0.1) is 6.07 Å². The molecule has 0 spiro atoms. The second kappa shape index (κ2) is 4.70. The number of primary amides is 1. The first-order valence-electron chi connectivity index (χ1n) is 5.17. The normalized spacial score (nSPS) is 9.94. The van der Waals surface area contributed by atoms with Crippen molar-refractivity contribution in [3.63, 3.8) is 0 Å². The van der Waals surface area contributed by atoms with Crippen molar-refractivity contribution in [3.8, 4) is 16.9 Å². The summed E-state index contributed by atoms with van der Waals surface area (Å²) in [5.74, 6) is 0.240. The van der Waals surface area contributed by atoms with Gasteiger partial charge < -0.3 is 10.5 Å². The minimum atomic E-state index is -0.470. The molecule has 0 heterocycles. The summed E-state index contributed by atoms with van der Waals surface area (Å²) in [5, 5.41) is 0. The van der Waals surface area contributed by atoms with E-state index in [1.165, 1.54) is 0 Å². The molecule has 3 heteroatoms. The summed E-state index contributed by atoms with van der Waals surface area (Å²) in [6, 6.07) is 15.5. The van der Waals surface area contributed by atoms with Gasteiger partial charge in [0.2, 0.25) is 5.91 Å². The van der Waals surface area contributed by atoms with Crippen molar-refractivity contribution >= 4 is 5.91 Å². The highest BCUT2D eigenvalue weighted by atomic mass is 16.5. The lowest BCUT2D eigenvalue weighted by Gasteiger charge is -2.10. The summed E-state index contributed by atoms with van der Waals surface area (Å²) in [7, 11) is 1.60. The van der Waals surface area contributed by atoms with E-state index in [1.54, 1.807) is 25.3 Å². The predicted octanol–water partition coefficient (Wildman–Crippen LogP) is 2.26. The maximum Gasteiger partial charge on any atom is 0.249 e. The molecular formula is C14H12NO2. The van der Waals surface area contributed by atoms with E-state index < -0.39 is 5.91 Å². The van der Waals surface area contributed by atoms with Gasteiger partial charge in [-0.3, -0.25) is 4.79 Å². The van der Waals surface area contributed by atoms with Crippen LogP contribution in [-0.2, 0) is 0 Å². The van der Waals surface area contributed by atoms with E-state index >= 15 is 0 Å². The Hall–Kier alpha value is -2.29. The fourth-order valence-corrected chi connectivity index (χ4v) is 1.74. The van der Waals surface area contributed by atoms with Crippen LogP contribution in [-0.4, -0.2) is 13.0 Å². The van der Waals surface area contributed by atoms with Gasteiger partial charge in [-0.2, -0.15) is 0 Å². The van der Waals surface area contributed by atoms with Crippen LogP contribution in [0.4, 0.5) is 0 Å². The molecule has 0 bridgehead atoms. The summed E-state index contributed by atoms with van der Waals surface area (Å²) >= 11 is 0. The summed E-state index contributed by atoms with van der Waals surface area (Å²) in [5.41, 5.74) is 7.39. The minimum Gasteiger partial charge on any atom is -0.496 e. The molecule has 0 fully saturated rings. The molecule has 2 aromatic carbocycles. The van der Waals surface area contributed by atoms with E-state index in [9.17, 15) is 4.79 Å². The number of carbonyl (C=O) groups excluding carboxylic acids is 1. The number of rotatable bonds is 3. The number of hydrogen-bond donors (Lipinski definition) is 1. The topological polar surface area (TPSA) is 52.3 Å². The highest BCUT2D eigenvalue weighted by Crippen LogP contribution is 2.31. The number of amides is 1. The van der Waals surface area contributed by atoms with E-state index in [4.69, 9.17) is 10.5 Å².